The zero-order chi connectivity index (χ0) is 11.6. The van der Waals surface area contributed by atoms with Crippen molar-refractivity contribution in [3.8, 4) is 5.75 Å². The third-order valence-corrected chi connectivity index (χ3v) is 1.36. The molecular formula is C7H8BFO3. The first-order chi connectivity index (χ1) is 6.79. The molecule has 0 aromatic heterocycles. The van der Waals surface area contributed by atoms with E-state index >= 15 is 0 Å². The first-order valence-corrected chi connectivity index (χ1v) is 3.14. The van der Waals surface area contributed by atoms with Crippen LogP contribution in [0.2, 0.25) is 0 Å². The van der Waals surface area contributed by atoms with E-state index in [-0.39, 0.29) is 5.75 Å². The van der Waals surface area contributed by atoms with Gasteiger partial charge in [0.15, 0.2) is 0 Å². The molecule has 0 heterocycles. The zero-order valence-corrected chi connectivity index (χ0v) is 5.99. The molecule has 0 aliphatic rings. The maximum Gasteiger partial charge on any atom is 0.491 e. The van der Waals surface area contributed by atoms with E-state index in [1.54, 1.807) is 0 Å². The molecule has 5 heteroatoms. The first-order valence-electron chi connectivity index (χ1n) is 4.64. The molecule has 12 heavy (non-hydrogen) atoms. The number of rotatable bonds is 2. The molecule has 2 N–H and O–H groups in total. The van der Waals surface area contributed by atoms with Crippen LogP contribution in [-0.2, 0) is 0 Å². The molecule has 0 atom stereocenters. The number of hydrogen-bond donors (Lipinski definition) is 2. The fourth-order valence-corrected chi connectivity index (χ4v) is 0.783. The van der Waals surface area contributed by atoms with E-state index < -0.39 is 25.4 Å². The predicted octanol–water partition coefficient (Wildman–Crippen LogP) is -0.486. The maximum absolute atomic E-state index is 12.9. The highest BCUT2D eigenvalue weighted by atomic mass is 19.1. The monoisotopic (exact) mass is 173 g/mol. The number of ether oxygens (including phenoxy) is 1. The largest absolute Gasteiger partial charge is 0.497 e. The van der Waals surface area contributed by atoms with Crippen LogP contribution in [0.15, 0.2) is 18.2 Å². The normalized spacial score (nSPS) is 14.4. The van der Waals surface area contributed by atoms with Crippen LogP contribution in [0.5, 0.6) is 5.75 Å². The van der Waals surface area contributed by atoms with Gasteiger partial charge in [-0.15, -0.1) is 0 Å². The van der Waals surface area contributed by atoms with Gasteiger partial charge in [-0.3, -0.25) is 0 Å². The summed E-state index contributed by atoms with van der Waals surface area (Å²) in [7, 11) is -4.67. The van der Waals surface area contributed by atoms with Crippen LogP contribution < -0.4 is 10.2 Å². The lowest BCUT2D eigenvalue weighted by Crippen LogP contribution is -2.32. The van der Waals surface area contributed by atoms with Crippen molar-refractivity contribution in [3.63, 3.8) is 0 Å². The van der Waals surface area contributed by atoms with Crippen LogP contribution in [0.25, 0.3) is 0 Å². The van der Waals surface area contributed by atoms with E-state index in [4.69, 9.17) is 14.2 Å². The van der Waals surface area contributed by atoms with Gasteiger partial charge in [0.25, 0.3) is 0 Å². The predicted molar refractivity (Wildman–Crippen MR) is 42.8 cm³/mol. The van der Waals surface area contributed by atoms with Crippen molar-refractivity contribution in [2.45, 2.75) is 0 Å². The molecule has 1 aromatic rings. The summed E-state index contributed by atoms with van der Waals surface area (Å²) in [6, 6.07) is 2.91. The minimum atomic E-state index is -2.66. The summed E-state index contributed by atoms with van der Waals surface area (Å²) in [6.45, 7) is 0. The van der Waals surface area contributed by atoms with Crippen LogP contribution in [0.1, 0.15) is 4.11 Å². The summed E-state index contributed by atoms with van der Waals surface area (Å²) in [5.41, 5.74) is -0.434. The fraction of sp³-hybridized carbons (Fsp3) is 0.143. The van der Waals surface area contributed by atoms with E-state index in [2.05, 4.69) is 4.74 Å². The van der Waals surface area contributed by atoms with Gasteiger partial charge in [-0.05, 0) is 18.2 Å². The van der Waals surface area contributed by atoms with E-state index in [9.17, 15) is 4.39 Å². The Labute approximate surface area is 73.8 Å². The van der Waals surface area contributed by atoms with Gasteiger partial charge in [-0.1, -0.05) is 0 Å². The Hall–Kier alpha value is -1.07. The van der Waals surface area contributed by atoms with Crippen LogP contribution in [-0.4, -0.2) is 24.2 Å². The van der Waals surface area contributed by atoms with E-state index in [0.29, 0.717) is 0 Å². The Kier molecular flexibility index (Phi) is 1.65. The summed E-state index contributed by atoms with van der Waals surface area (Å²) in [4.78, 5) is 0. The van der Waals surface area contributed by atoms with Gasteiger partial charge in [0, 0.05) is 5.46 Å². The van der Waals surface area contributed by atoms with Gasteiger partial charge in [0.1, 0.15) is 11.6 Å². The summed E-state index contributed by atoms with van der Waals surface area (Å²) >= 11 is 0. The summed E-state index contributed by atoms with van der Waals surface area (Å²) in [5, 5.41) is 17.5. The third kappa shape index (κ3) is 1.75. The van der Waals surface area contributed by atoms with Crippen molar-refractivity contribution in [1.29, 1.82) is 0 Å². The van der Waals surface area contributed by atoms with E-state index in [0.717, 1.165) is 18.2 Å². The molecule has 0 saturated carbocycles. The molecule has 0 spiro atoms. The molecule has 0 bridgehead atoms. The average molecular weight is 173 g/mol. The van der Waals surface area contributed by atoms with Crippen molar-refractivity contribution in [3.05, 3.63) is 24.0 Å². The van der Waals surface area contributed by atoms with Crippen molar-refractivity contribution < 1.29 is 23.3 Å². The lowest BCUT2D eigenvalue weighted by molar-refractivity contribution is 0.409. The van der Waals surface area contributed by atoms with Crippen LogP contribution in [0, 0.1) is 5.82 Å². The highest BCUT2D eigenvalue weighted by Crippen LogP contribution is 2.08. The maximum atomic E-state index is 12.9. The van der Waals surface area contributed by atoms with Gasteiger partial charge in [-0.2, -0.15) is 0 Å². The average Bonchev–Trinajstić information content (AvgIpc) is 2.05. The second kappa shape index (κ2) is 3.56. The number of hydrogen-bond acceptors (Lipinski definition) is 3. The molecule has 0 unspecified atom stereocenters. The Bertz CT molecular complexity index is 356. The van der Waals surface area contributed by atoms with Gasteiger partial charge in [-0.25, -0.2) is 4.39 Å². The van der Waals surface area contributed by atoms with Gasteiger partial charge >= 0.3 is 7.12 Å². The van der Waals surface area contributed by atoms with Crippen LogP contribution in [0.3, 0.4) is 0 Å². The minimum Gasteiger partial charge on any atom is -0.497 e. The lowest BCUT2D eigenvalue weighted by Gasteiger charge is -2.04. The lowest BCUT2D eigenvalue weighted by atomic mass is 9.80. The smallest absolute Gasteiger partial charge is 0.491 e. The molecule has 0 aliphatic heterocycles. The topological polar surface area (TPSA) is 49.7 Å². The molecule has 64 valence electrons. The Morgan fingerprint density at radius 2 is 2.33 bits per heavy atom. The van der Waals surface area contributed by atoms with Gasteiger partial charge in [0.2, 0.25) is 0 Å². The molecule has 0 amide bonds. The van der Waals surface area contributed by atoms with Crippen molar-refractivity contribution in [2.75, 3.05) is 7.04 Å². The number of halogens is 1. The fourth-order valence-electron chi connectivity index (χ4n) is 0.783. The molecule has 0 fully saturated rings. The van der Waals surface area contributed by atoms with Crippen molar-refractivity contribution >= 4 is 12.6 Å². The highest BCUT2D eigenvalue weighted by molar-refractivity contribution is 6.58. The second-order valence-electron chi connectivity index (χ2n) is 2.16. The molecule has 3 nitrogen and oxygen atoms in total. The number of methoxy groups -OCH3 is 1. The molecular weight excluding hydrogens is 162 g/mol. The Balaban J connectivity index is 2.98. The van der Waals surface area contributed by atoms with Crippen LogP contribution in [0.4, 0.5) is 4.39 Å². The van der Waals surface area contributed by atoms with E-state index in [1.165, 1.54) is 0 Å². The summed E-state index contributed by atoms with van der Waals surface area (Å²) in [5.74, 6) is -0.998. The quantitative estimate of drug-likeness (QED) is 0.593. The van der Waals surface area contributed by atoms with Gasteiger partial charge < -0.3 is 14.8 Å². The molecule has 1 rings (SSSR count). The van der Waals surface area contributed by atoms with Crippen LogP contribution >= 0.6 is 0 Å². The highest BCUT2D eigenvalue weighted by Gasteiger charge is 2.16. The molecule has 0 radical (unpaired) electrons. The Morgan fingerprint density at radius 3 is 2.92 bits per heavy atom. The second-order valence-corrected chi connectivity index (χ2v) is 2.16. The molecule has 0 aliphatic carbocycles. The van der Waals surface area contributed by atoms with Gasteiger partial charge in [0.05, 0.1) is 11.2 Å². The number of benzene rings is 1. The SMILES string of the molecule is [2H]C([2H])([2H])Oc1ccc(F)c(B(O)O)c1. The van der Waals surface area contributed by atoms with Crippen molar-refractivity contribution in [2.24, 2.45) is 0 Å². The first kappa shape index (κ1) is 5.56. The third-order valence-electron chi connectivity index (χ3n) is 1.36. The standard InChI is InChI=1S/C7H8BFO3/c1-12-5-2-3-7(9)6(4-5)8(10)11/h2-4,10-11H,1H3/i1D3. The summed E-state index contributed by atoms with van der Waals surface area (Å²) in [6.07, 6.45) is 0. The molecule has 0 saturated heterocycles. The Morgan fingerprint density at radius 1 is 1.58 bits per heavy atom. The van der Waals surface area contributed by atoms with Crippen molar-refractivity contribution in [1.82, 2.24) is 0 Å². The zero-order valence-electron chi connectivity index (χ0n) is 8.99. The van der Waals surface area contributed by atoms with E-state index in [1.807, 2.05) is 0 Å². The molecule has 1 aromatic carbocycles. The summed E-state index contributed by atoms with van der Waals surface area (Å²) < 4.78 is 37.8. The minimum absolute atomic E-state index is 0.153.